The molecule has 0 atom stereocenters. The average molecular weight is 455 g/mol. The fourth-order valence-electron chi connectivity index (χ4n) is 4.63. The molecule has 19 heavy (non-hydrogen) atoms. The molecular formula is C17H33BPb. The molecule has 0 aromatic carbocycles. The summed E-state index contributed by atoms with van der Waals surface area (Å²) in [6.07, 6.45) is 9.01. The Morgan fingerprint density at radius 1 is 1.05 bits per heavy atom. The van der Waals surface area contributed by atoms with Gasteiger partial charge in [0.05, 0.1) is 0 Å². The Kier molecular flexibility index (Phi) is 5.28. The van der Waals surface area contributed by atoms with Gasteiger partial charge in [0.15, 0.2) is 0 Å². The molecule has 0 amide bonds. The molecule has 2 aliphatic rings. The summed E-state index contributed by atoms with van der Waals surface area (Å²) >= 11 is -2.03. The Hall–Kier alpha value is 0.727. The topological polar surface area (TPSA) is 0 Å². The number of hydrogen-bond donors (Lipinski definition) is 0. The van der Waals surface area contributed by atoms with E-state index in [1.54, 1.807) is 0 Å². The third-order valence-corrected chi connectivity index (χ3v) is 15.7. The SMILES string of the molecule is C/[C](=C1/B(C(C)C)C2CCCC1CCC2)[Pb]([CH3])([CH3])[CH3]. The molecule has 2 fully saturated rings. The van der Waals surface area contributed by atoms with Crippen molar-refractivity contribution in [3.63, 3.8) is 0 Å². The van der Waals surface area contributed by atoms with Gasteiger partial charge in [0.2, 0.25) is 0 Å². The second-order valence-corrected chi connectivity index (χ2v) is 28.8. The Balaban J connectivity index is 2.51. The fourth-order valence-corrected chi connectivity index (χ4v) is 9.44. The van der Waals surface area contributed by atoms with Gasteiger partial charge in [-0.25, -0.2) is 0 Å². The van der Waals surface area contributed by atoms with E-state index in [9.17, 15) is 0 Å². The molecule has 0 saturated carbocycles. The van der Waals surface area contributed by atoms with Gasteiger partial charge >= 0.3 is 127 Å². The zero-order valence-electron chi connectivity index (χ0n) is 14.1. The molecule has 0 aromatic heterocycles. The van der Waals surface area contributed by atoms with Crippen LogP contribution in [0.2, 0.25) is 25.1 Å². The molecule has 2 bridgehead atoms. The van der Waals surface area contributed by atoms with Gasteiger partial charge in [-0.1, -0.05) is 0 Å². The van der Waals surface area contributed by atoms with Crippen LogP contribution in [-0.2, 0) is 0 Å². The van der Waals surface area contributed by atoms with E-state index in [0.29, 0.717) is 0 Å². The summed E-state index contributed by atoms with van der Waals surface area (Å²) in [5.74, 6) is 2.82. The minimum absolute atomic E-state index is 0.851. The van der Waals surface area contributed by atoms with E-state index in [2.05, 4.69) is 34.2 Å². The molecule has 0 aromatic rings. The van der Waals surface area contributed by atoms with E-state index in [1.165, 1.54) is 38.5 Å². The van der Waals surface area contributed by atoms with E-state index >= 15 is 0 Å². The number of hydrogen-bond acceptors (Lipinski definition) is 0. The number of allylic oxidation sites excluding steroid dienone is 2. The van der Waals surface area contributed by atoms with Crippen molar-refractivity contribution in [3.05, 3.63) is 8.60 Å². The minimum atomic E-state index is -2.03. The van der Waals surface area contributed by atoms with Crippen molar-refractivity contribution in [3.8, 4) is 0 Å². The maximum absolute atomic E-state index is 2.63. The first-order valence-corrected chi connectivity index (χ1v) is 22.1. The first-order valence-electron chi connectivity index (χ1n) is 8.53. The number of fused-ring (bicyclic) bond motifs is 3. The van der Waals surface area contributed by atoms with Crippen LogP contribution >= 0.6 is 0 Å². The van der Waals surface area contributed by atoms with Crippen LogP contribution in [0.4, 0.5) is 0 Å². The van der Waals surface area contributed by atoms with Crippen LogP contribution in [0, 0.1) is 5.92 Å². The van der Waals surface area contributed by atoms with Gasteiger partial charge in [-0.2, -0.15) is 0 Å². The van der Waals surface area contributed by atoms with Crippen molar-refractivity contribution in [2.75, 3.05) is 0 Å². The molecule has 0 unspecified atom stereocenters. The summed E-state index contributed by atoms with van der Waals surface area (Å²) in [7, 11) is 0. The zero-order valence-corrected chi connectivity index (χ0v) is 17.9. The summed E-state index contributed by atoms with van der Waals surface area (Å²) in [4.78, 5) is 0. The summed E-state index contributed by atoms with van der Waals surface area (Å²) in [6.45, 7) is 8.43. The number of rotatable bonds is 2. The van der Waals surface area contributed by atoms with Crippen LogP contribution in [0.25, 0.3) is 0 Å². The van der Waals surface area contributed by atoms with E-state index in [1.807, 2.05) is 8.60 Å². The van der Waals surface area contributed by atoms with E-state index < -0.39 is 21.2 Å². The van der Waals surface area contributed by atoms with Crippen molar-refractivity contribution in [2.45, 2.75) is 84.4 Å². The molecular weight excluding hydrogens is 422 g/mol. The maximum atomic E-state index is 2.63. The summed E-state index contributed by atoms with van der Waals surface area (Å²) in [5.41, 5.74) is 1.99. The Morgan fingerprint density at radius 2 is 1.58 bits per heavy atom. The van der Waals surface area contributed by atoms with Crippen molar-refractivity contribution >= 4 is 27.9 Å². The standard InChI is InChI=1S/C14H24B.3CH3.Pb/c1-4-14-12-7-5-9-13(10-6-8-12)15(14)11(2)3;;;;/h11-13H,5-10H2,1-3H3;3*1H3;. The fraction of sp³-hybridized carbons (Fsp3) is 0.882. The van der Waals surface area contributed by atoms with Gasteiger partial charge in [0, 0.05) is 0 Å². The monoisotopic (exact) mass is 456 g/mol. The first kappa shape index (κ1) is 16.1. The third kappa shape index (κ3) is 3.49. The molecule has 0 aliphatic carbocycles. The molecule has 2 rings (SSSR count). The summed E-state index contributed by atoms with van der Waals surface area (Å²) in [5, 5.41) is 0. The van der Waals surface area contributed by atoms with Crippen LogP contribution in [0.3, 0.4) is 0 Å². The first-order chi connectivity index (χ1) is 8.82. The molecule has 108 valence electrons. The van der Waals surface area contributed by atoms with Gasteiger partial charge < -0.3 is 0 Å². The summed E-state index contributed by atoms with van der Waals surface area (Å²) in [6, 6.07) is 0. The molecule has 2 heteroatoms. The van der Waals surface area contributed by atoms with Crippen LogP contribution in [0.1, 0.15) is 59.3 Å². The third-order valence-electron chi connectivity index (χ3n) is 5.84. The van der Waals surface area contributed by atoms with Crippen LogP contribution in [-0.4, -0.2) is 27.9 Å². The predicted octanol–water partition coefficient (Wildman–Crippen LogP) is 5.98. The molecule has 2 aliphatic heterocycles. The molecule has 2 saturated heterocycles. The van der Waals surface area contributed by atoms with E-state index in [4.69, 9.17) is 0 Å². The predicted molar refractivity (Wildman–Crippen MR) is 91.8 cm³/mol. The quantitative estimate of drug-likeness (QED) is 0.450. The Morgan fingerprint density at radius 3 is 2.00 bits per heavy atom. The second-order valence-electron chi connectivity index (χ2n) is 8.42. The second kappa shape index (κ2) is 6.23. The van der Waals surface area contributed by atoms with Gasteiger partial charge in [0.1, 0.15) is 0 Å². The van der Waals surface area contributed by atoms with Crippen molar-refractivity contribution in [1.82, 2.24) is 0 Å². The average Bonchev–Trinajstić information content (AvgIpc) is 2.53. The van der Waals surface area contributed by atoms with Crippen LogP contribution in [0.5, 0.6) is 0 Å². The van der Waals surface area contributed by atoms with Crippen molar-refractivity contribution < 1.29 is 0 Å². The molecule has 0 nitrogen and oxygen atoms in total. The zero-order chi connectivity index (χ0) is 14.2. The summed E-state index contributed by atoms with van der Waals surface area (Å²) < 4.78 is 9.81. The van der Waals surface area contributed by atoms with Gasteiger partial charge in [0.25, 0.3) is 0 Å². The van der Waals surface area contributed by atoms with Crippen molar-refractivity contribution in [2.24, 2.45) is 5.92 Å². The Bertz CT molecular complexity index is 341. The van der Waals surface area contributed by atoms with E-state index in [-0.39, 0.29) is 0 Å². The van der Waals surface area contributed by atoms with E-state index in [0.717, 1.165) is 24.3 Å². The van der Waals surface area contributed by atoms with Crippen LogP contribution in [0.15, 0.2) is 8.60 Å². The molecule has 0 radical (unpaired) electrons. The molecule has 0 N–H and O–H groups in total. The normalized spacial score (nSPS) is 31.4. The van der Waals surface area contributed by atoms with Gasteiger partial charge in [-0.3, -0.25) is 0 Å². The Labute approximate surface area is 126 Å². The van der Waals surface area contributed by atoms with Gasteiger partial charge in [-0.05, 0) is 0 Å². The van der Waals surface area contributed by atoms with Crippen molar-refractivity contribution in [1.29, 1.82) is 0 Å². The molecule has 0 spiro atoms. The molecule has 2 heterocycles. The van der Waals surface area contributed by atoms with Gasteiger partial charge in [-0.15, -0.1) is 0 Å². The van der Waals surface area contributed by atoms with Crippen LogP contribution < -0.4 is 0 Å².